The first kappa shape index (κ1) is 53.5. The number of unbranched alkanes of at least 4 members (excludes halogenated alkanes) is 28. The van der Waals surface area contributed by atoms with Crippen LogP contribution in [0, 0.1) is 0 Å². The molecule has 0 aliphatic rings. The lowest BCUT2D eigenvalue weighted by Gasteiger charge is -2.14. The first-order valence-corrected chi connectivity index (χ1v) is 29.5. The molecule has 3 nitrogen and oxygen atoms in total. The molecule has 0 radical (unpaired) electrons. The van der Waals surface area contributed by atoms with E-state index in [-0.39, 0.29) is 0 Å². The summed E-state index contributed by atoms with van der Waals surface area (Å²) in [6.45, 7) is 9.22. The quantitative estimate of drug-likeness (QED) is 0.0420. The fraction of sp³-hybridized carbons (Fsp3) is 0.727. The molecule has 0 aliphatic heterocycles. The van der Waals surface area contributed by atoms with Crippen LogP contribution in [-0.2, 0) is 25.7 Å². The molecule has 0 saturated carbocycles. The maximum atomic E-state index is 5.68. The highest BCUT2D eigenvalue weighted by atomic mass is 79.9. The van der Waals surface area contributed by atoms with Gasteiger partial charge in [0.1, 0.15) is 16.7 Å². The maximum Gasteiger partial charge on any atom is 0.117 e. The number of nitrogens with zero attached hydrogens (tertiary/aromatic N) is 3. The summed E-state index contributed by atoms with van der Waals surface area (Å²) in [5, 5.41) is 0. The van der Waals surface area contributed by atoms with Crippen LogP contribution in [0.15, 0.2) is 25.9 Å². The molecule has 0 N–H and O–H groups in total. The minimum Gasteiger partial charge on any atom is -0.252 e. The Labute approximate surface area is 405 Å². The molecule has 4 rings (SSSR count). The largest absolute Gasteiger partial charge is 0.252 e. The van der Waals surface area contributed by atoms with Crippen molar-refractivity contribution in [2.45, 2.75) is 259 Å². The fourth-order valence-electron chi connectivity index (χ4n) is 9.02. The van der Waals surface area contributed by atoms with Crippen molar-refractivity contribution in [2.24, 2.45) is 0 Å². The van der Waals surface area contributed by atoms with Crippen molar-refractivity contribution in [3.63, 3.8) is 0 Å². The second kappa shape index (κ2) is 33.3. The number of halogens is 2. The van der Waals surface area contributed by atoms with E-state index in [4.69, 9.17) is 15.0 Å². The van der Waals surface area contributed by atoms with E-state index >= 15 is 0 Å². The summed E-state index contributed by atoms with van der Waals surface area (Å²) in [4.78, 5) is 19.1. The van der Waals surface area contributed by atoms with E-state index in [1.807, 2.05) is 22.7 Å². The Bertz CT molecular complexity index is 1640. The van der Waals surface area contributed by atoms with Crippen molar-refractivity contribution < 1.29 is 0 Å². The van der Waals surface area contributed by atoms with Gasteiger partial charge in [-0.1, -0.05) is 207 Å². The first-order valence-electron chi connectivity index (χ1n) is 26.3. The predicted molar refractivity (Wildman–Crippen MR) is 285 cm³/mol. The Hall–Kier alpha value is -1.15. The standard InChI is InChI=1S/C55H87Br2N3S2/c1-5-9-13-17-21-23-25-27-29-33-37-44-41-49(61-54(44)56)46-43-58-52(50-42-45(55(57)62-50)38-34-30-28-26-24-22-18-14-10-6-2)53-51(46)59-47(39-35-31-19-15-11-7-3)48(60-53)40-36-32-20-16-12-8-4/h41-43H,5-40H2,1-4H3. The van der Waals surface area contributed by atoms with Crippen LogP contribution in [0.25, 0.3) is 32.0 Å². The summed E-state index contributed by atoms with van der Waals surface area (Å²) in [7, 11) is 0. The third-order valence-corrected chi connectivity index (χ3v) is 17.0. The van der Waals surface area contributed by atoms with Crippen LogP contribution < -0.4 is 0 Å². The first-order chi connectivity index (χ1) is 30.5. The lowest BCUT2D eigenvalue weighted by Crippen LogP contribution is -2.06. The van der Waals surface area contributed by atoms with Gasteiger partial charge in [-0.25, -0.2) is 9.97 Å². The highest BCUT2D eigenvalue weighted by Crippen LogP contribution is 2.43. The van der Waals surface area contributed by atoms with E-state index in [2.05, 4.69) is 77.9 Å². The van der Waals surface area contributed by atoms with E-state index in [9.17, 15) is 0 Å². The van der Waals surface area contributed by atoms with Crippen molar-refractivity contribution in [2.75, 3.05) is 0 Å². The molecule has 348 valence electrons. The van der Waals surface area contributed by atoms with E-state index < -0.39 is 0 Å². The molecule has 0 fully saturated rings. The molecular formula is C55H87Br2N3S2. The lowest BCUT2D eigenvalue weighted by molar-refractivity contribution is 0.556. The minimum absolute atomic E-state index is 0.996. The van der Waals surface area contributed by atoms with E-state index in [1.54, 1.807) is 0 Å². The molecule has 0 aliphatic carbocycles. The van der Waals surface area contributed by atoms with Gasteiger partial charge in [0.05, 0.1) is 23.8 Å². The van der Waals surface area contributed by atoms with Gasteiger partial charge in [-0.15, -0.1) is 22.7 Å². The van der Waals surface area contributed by atoms with Gasteiger partial charge in [0.25, 0.3) is 0 Å². The van der Waals surface area contributed by atoms with Crippen LogP contribution >= 0.6 is 54.5 Å². The van der Waals surface area contributed by atoms with Crippen LogP contribution in [-0.4, -0.2) is 15.0 Å². The van der Waals surface area contributed by atoms with Gasteiger partial charge >= 0.3 is 0 Å². The van der Waals surface area contributed by atoms with E-state index in [1.165, 1.54) is 245 Å². The monoisotopic (exact) mass is 1010 g/mol. The number of pyridine rings is 1. The lowest BCUT2D eigenvalue weighted by atomic mass is 10.0. The smallest absolute Gasteiger partial charge is 0.117 e. The van der Waals surface area contributed by atoms with Crippen LogP contribution in [0.1, 0.15) is 256 Å². The van der Waals surface area contributed by atoms with Crippen LogP contribution in [0.3, 0.4) is 0 Å². The Balaban J connectivity index is 1.56. The van der Waals surface area contributed by atoms with Gasteiger partial charge in [0, 0.05) is 16.6 Å². The molecule has 62 heavy (non-hydrogen) atoms. The van der Waals surface area contributed by atoms with Crippen LogP contribution in [0.5, 0.6) is 0 Å². The van der Waals surface area contributed by atoms with Gasteiger partial charge in [0.15, 0.2) is 0 Å². The molecule has 7 heteroatoms. The van der Waals surface area contributed by atoms with Gasteiger partial charge in [0.2, 0.25) is 0 Å². The zero-order valence-corrected chi connectivity index (χ0v) is 44.9. The molecule has 4 heterocycles. The second-order valence-corrected chi connectivity index (χ2v) is 23.3. The Kier molecular flexibility index (Phi) is 28.7. The summed E-state index contributed by atoms with van der Waals surface area (Å²) in [6, 6.07) is 4.85. The number of aryl methyl sites for hydroxylation is 4. The number of thiophene rings is 2. The zero-order chi connectivity index (χ0) is 44.0. The fourth-order valence-corrected chi connectivity index (χ4v) is 12.6. The third kappa shape index (κ3) is 19.8. The van der Waals surface area contributed by atoms with Crippen molar-refractivity contribution >= 4 is 65.6 Å². The average molecular weight is 1010 g/mol. The highest BCUT2D eigenvalue weighted by molar-refractivity contribution is 9.11. The molecule has 0 atom stereocenters. The van der Waals surface area contributed by atoms with Gasteiger partial charge in [-0.3, -0.25) is 4.98 Å². The Morgan fingerprint density at radius 3 is 1.11 bits per heavy atom. The Morgan fingerprint density at radius 1 is 0.387 bits per heavy atom. The van der Waals surface area contributed by atoms with E-state index in [0.29, 0.717) is 0 Å². The van der Waals surface area contributed by atoms with Gasteiger partial charge < -0.3 is 0 Å². The Morgan fingerprint density at radius 2 is 0.710 bits per heavy atom. The summed E-state index contributed by atoms with van der Waals surface area (Å²) >= 11 is 11.7. The predicted octanol–water partition coefficient (Wildman–Crippen LogP) is 20.7. The topological polar surface area (TPSA) is 38.7 Å². The summed E-state index contributed by atoms with van der Waals surface area (Å²) in [5.41, 5.74) is 9.49. The highest BCUT2D eigenvalue weighted by Gasteiger charge is 2.21. The normalized spacial score (nSPS) is 11.8. The summed E-state index contributed by atoms with van der Waals surface area (Å²) in [5.74, 6) is 0. The average Bonchev–Trinajstić information content (AvgIpc) is 3.84. The molecular weight excluding hydrogens is 927 g/mol. The number of hydrogen-bond acceptors (Lipinski definition) is 5. The molecule has 4 aromatic rings. The molecule has 0 amide bonds. The second-order valence-electron chi connectivity index (χ2n) is 18.6. The summed E-state index contributed by atoms with van der Waals surface area (Å²) in [6.07, 6.45) is 49.2. The molecule has 0 aromatic carbocycles. The molecule has 0 bridgehead atoms. The van der Waals surface area contributed by atoms with Crippen molar-refractivity contribution in [3.8, 4) is 21.0 Å². The van der Waals surface area contributed by atoms with Crippen molar-refractivity contribution in [3.05, 3.63) is 48.4 Å². The molecule has 0 spiro atoms. The van der Waals surface area contributed by atoms with Crippen LogP contribution in [0.4, 0.5) is 0 Å². The van der Waals surface area contributed by atoms with Crippen LogP contribution in [0.2, 0.25) is 0 Å². The molecule has 0 saturated heterocycles. The van der Waals surface area contributed by atoms with E-state index in [0.717, 1.165) is 48.0 Å². The SMILES string of the molecule is CCCCCCCCCCCCc1cc(-c2cnc(-c3cc(CCCCCCCCCCCC)c(Br)s3)c3nc(CCCCCCCC)c(CCCCCCCC)nc23)sc1Br. The molecule has 0 unspecified atom stereocenters. The number of hydrogen-bond donors (Lipinski definition) is 0. The minimum atomic E-state index is 0.996. The zero-order valence-electron chi connectivity index (χ0n) is 40.1. The molecule has 4 aromatic heterocycles. The van der Waals surface area contributed by atoms with Crippen molar-refractivity contribution in [1.82, 2.24) is 15.0 Å². The maximum absolute atomic E-state index is 5.68. The van der Waals surface area contributed by atoms with Gasteiger partial charge in [-0.05, 0) is 106 Å². The number of aromatic nitrogens is 3. The van der Waals surface area contributed by atoms with Crippen molar-refractivity contribution in [1.29, 1.82) is 0 Å². The number of rotatable bonds is 38. The number of fused-ring (bicyclic) bond motifs is 1. The summed E-state index contributed by atoms with van der Waals surface area (Å²) < 4.78 is 2.51. The third-order valence-electron chi connectivity index (χ3n) is 13.0. The van der Waals surface area contributed by atoms with Gasteiger partial charge in [-0.2, -0.15) is 0 Å².